The first-order chi connectivity index (χ1) is 9.19. The molecule has 0 bridgehead atoms. The molecule has 0 fully saturated rings. The number of rotatable bonds is 6. The SMILES string of the molecule is CCCC(C/C=C(\C)C(=O)OC)NC(=O)OC(C)(C)C. The van der Waals surface area contributed by atoms with Gasteiger partial charge in [-0.1, -0.05) is 19.4 Å². The molecule has 0 heterocycles. The molecule has 0 radical (unpaired) electrons. The second kappa shape index (κ2) is 8.61. The van der Waals surface area contributed by atoms with Gasteiger partial charge >= 0.3 is 12.1 Å². The van der Waals surface area contributed by atoms with Crippen LogP contribution in [0.5, 0.6) is 0 Å². The lowest BCUT2D eigenvalue weighted by atomic mass is 10.1. The summed E-state index contributed by atoms with van der Waals surface area (Å²) in [5.41, 5.74) is 0.0260. The predicted octanol–water partition coefficient (Wildman–Crippen LogP) is 3.19. The highest BCUT2D eigenvalue weighted by Crippen LogP contribution is 2.10. The average Bonchev–Trinajstić information content (AvgIpc) is 2.32. The molecule has 20 heavy (non-hydrogen) atoms. The molecule has 5 heteroatoms. The number of carbonyl (C=O) groups excluding carboxylic acids is 2. The molecule has 1 N–H and O–H groups in total. The van der Waals surface area contributed by atoms with Crippen LogP contribution in [0, 0.1) is 0 Å². The van der Waals surface area contributed by atoms with Crippen LogP contribution in [0.15, 0.2) is 11.6 Å². The largest absolute Gasteiger partial charge is 0.466 e. The van der Waals surface area contributed by atoms with Crippen LogP contribution in [-0.2, 0) is 14.3 Å². The Balaban J connectivity index is 4.51. The van der Waals surface area contributed by atoms with Gasteiger partial charge in [-0.05, 0) is 40.5 Å². The summed E-state index contributed by atoms with van der Waals surface area (Å²) < 4.78 is 9.86. The summed E-state index contributed by atoms with van der Waals surface area (Å²) in [7, 11) is 1.35. The van der Waals surface area contributed by atoms with Crippen molar-refractivity contribution < 1.29 is 19.1 Å². The van der Waals surface area contributed by atoms with E-state index in [1.165, 1.54) is 7.11 Å². The molecule has 0 aliphatic carbocycles. The van der Waals surface area contributed by atoms with E-state index in [2.05, 4.69) is 10.1 Å². The van der Waals surface area contributed by atoms with Gasteiger partial charge in [0.05, 0.1) is 7.11 Å². The Morgan fingerprint density at radius 2 is 1.90 bits per heavy atom. The highest BCUT2D eigenvalue weighted by molar-refractivity contribution is 5.87. The zero-order chi connectivity index (χ0) is 15.8. The number of nitrogens with one attached hydrogen (secondary N) is 1. The molecule has 0 spiro atoms. The lowest BCUT2D eigenvalue weighted by Gasteiger charge is -2.23. The number of amides is 1. The Kier molecular flexibility index (Phi) is 7.96. The van der Waals surface area contributed by atoms with Crippen LogP contribution in [0.3, 0.4) is 0 Å². The molecule has 0 aliphatic rings. The minimum Gasteiger partial charge on any atom is -0.466 e. The maximum absolute atomic E-state index is 11.7. The number of esters is 1. The van der Waals surface area contributed by atoms with Gasteiger partial charge in [0.2, 0.25) is 0 Å². The van der Waals surface area contributed by atoms with Crippen molar-refractivity contribution in [2.75, 3.05) is 7.11 Å². The first-order valence-electron chi connectivity index (χ1n) is 6.94. The zero-order valence-electron chi connectivity index (χ0n) is 13.4. The average molecular weight is 285 g/mol. The lowest BCUT2D eigenvalue weighted by molar-refractivity contribution is -0.136. The molecule has 1 atom stereocenters. The van der Waals surface area contributed by atoms with E-state index in [4.69, 9.17) is 4.74 Å². The van der Waals surface area contributed by atoms with Crippen LogP contribution in [0.2, 0.25) is 0 Å². The van der Waals surface area contributed by atoms with E-state index in [9.17, 15) is 9.59 Å². The Hall–Kier alpha value is -1.52. The lowest BCUT2D eigenvalue weighted by Crippen LogP contribution is -2.39. The molecule has 0 aromatic heterocycles. The van der Waals surface area contributed by atoms with Crippen LogP contribution in [0.4, 0.5) is 4.79 Å². The molecule has 5 nitrogen and oxygen atoms in total. The van der Waals surface area contributed by atoms with Crippen LogP contribution >= 0.6 is 0 Å². The maximum atomic E-state index is 11.7. The molecule has 1 amide bonds. The summed E-state index contributed by atoms with van der Waals surface area (Å²) in [4.78, 5) is 23.0. The van der Waals surface area contributed by atoms with Gasteiger partial charge in [-0.3, -0.25) is 0 Å². The van der Waals surface area contributed by atoms with Crippen molar-refractivity contribution in [3.05, 3.63) is 11.6 Å². The fraction of sp³-hybridized carbons (Fsp3) is 0.733. The Morgan fingerprint density at radius 3 is 2.35 bits per heavy atom. The summed E-state index contributed by atoms with van der Waals surface area (Å²) >= 11 is 0. The summed E-state index contributed by atoms with van der Waals surface area (Å²) in [6.45, 7) is 9.21. The monoisotopic (exact) mass is 285 g/mol. The Morgan fingerprint density at radius 1 is 1.30 bits per heavy atom. The standard InChI is InChI=1S/C15H27NO4/c1-7-8-12(10-9-11(2)13(17)19-6)16-14(18)20-15(3,4)5/h9,12H,7-8,10H2,1-6H3,(H,16,18)/b11-9+. The van der Waals surface area contributed by atoms with Gasteiger partial charge in [0.15, 0.2) is 0 Å². The third-order valence-corrected chi connectivity index (χ3v) is 2.57. The molecule has 116 valence electrons. The molecular weight excluding hydrogens is 258 g/mol. The highest BCUT2D eigenvalue weighted by Gasteiger charge is 2.18. The molecular formula is C15H27NO4. The zero-order valence-corrected chi connectivity index (χ0v) is 13.4. The normalized spacial score (nSPS) is 13.6. The molecule has 0 aliphatic heterocycles. The topological polar surface area (TPSA) is 64.6 Å². The Labute approximate surface area is 121 Å². The van der Waals surface area contributed by atoms with Crippen molar-refractivity contribution in [1.82, 2.24) is 5.32 Å². The fourth-order valence-electron chi connectivity index (χ4n) is 1.63. The maximum Gasteiger partial charge on any atom is 0.407 e. The third-order valence-electron chi connectivity index (χ3n) is 2.57. The van der Waals surface area contributed by atoms with E-state index < -0.39 is 11.7 Å². The second-order valence-corrected chi connectivity index (χ2v) is 5.75. The van der Waals surface area contributed by atoms with E-state index in [1.807, 2.05) is 27.7 Å². The van der Waals surface area contributed by atoms with E-state index in [1.54, 1.807) is 13.0 Å². The molecule has 1 unspecified atom stereocenters. The van der Waals surface area contributed by atoms with Gasteiger partial charge in [-0.15, -0.1) is 0 Å². The van der Waals surface area contributed by atoms with Crippen LogP contribution in [0.1, 0.15) is 53.9 Å². The van der Waals surface area contributed by atoms with Gasteiger partial charge in [0, 0.05) is 11.6 Å². The predicted molar refractivity (Wildman–Crippen MR) is 78.5 cm³/mol. The van der Waals surface area contributed by atoms with Crippen molar-refractivity contribution in [3.63, 3.8) is 0 Å². The van der Waals surface area contributed by atoms with Crippen LogP contribution in [-0.4, -0.2) is 30.8 Å². The second-order valence-electron chi connectivity index (χ2n) is 5.75. The third kappa shape index (κ3) is 8.56. The molecule has 0 saturated heterocycles. The van der Waals surface area contributed by atoms with Gasteiger partial charge in [-0.25, -0.2) is 9.59 Å². The van der Waals surface area contributed by atoms with Crippen molar-refractivity contribution in [2.24, 2.45) is 0 Å². The Bertz CT molecular complexity index is 355. The van der Waals surface area contributed by atoms with E-state index in [0.29, 0.717) is 12.0 Å². The van der Waals surface area contributed by atoms with Crippen molar-refractivity contribution >= 4 is 12.1 Å². The number of alkyl carbamates (subject to hydrolysis) is 1. The molecule has 0 rings (SSSR count). The number of ether oxygens (including phenoxy) is 2. The van der Waals surface area contributed by atoms with E-state index in [0.717, 1.165) is 12.8 Å². The van der Waals surface area contributed by atoms with E-state index in [-0.39, 0.29) is 12.0 Å². The highest BCUT2D eigenvalue weighted by atomic mass is 16.6. The number of hydrogen-bond donors (Lipinski definition) is 1. The number of hydrogen-bond acceptors (Lipinski definition) is 4. The van der Waals surface area contributed by atoms with Crippen LogP contribution in [0.25, 0.3) is 0 Å². The first-order valence-corrected chi connectivity index (χ1v) is 6.94. The minimum absolute atomic E-state index is 0.0468. The van der Waals surface area contributed by atoms with Gasteiger partial charge in [0.25, 0.3) is 0 Å². The smallest absolute Gasteiger partial charge is 0.407 e. The van der Waals surface area contributed by atoms with Gasteiger partial charge < -0.3 is 14.8 Å². The van der Waals surface area contributed by atoms with Gasteiger partial charge in [0.1, 0.15) is 5.60 Å². The summed E-state index contributed by atoms with van der Waals surface area (Å²) in [6, 6.07) is -0.0468. The minimum atomic E-state index is -0.515. The fourth-order valence-corrected chi connectivity index (χ4v) is 1.63. The van der Waals surface area contributed by atoms with Crippen molar-refractivity contribution in [3.8, 4) is 0 Å². The summed E-state index contributed by atoms with van der Waals surface area (Å²) in [6.07, 6.45) is 3.69. The number of carbonyl (C=O) groups is 2. The quantitative estimate of drug-likeness (QED) is 0.601. The summed E-state index contributed by atoms with van der Waals surface area (Å²) in [5.74, 6) is -0.350. The molecule has 0 aromatic carbocycles. The van der Waals surface area contributed by atoms with Gasteiger partial charge in [-0.2, -0.15) is 0 Å². The number of methoxy groups -OCH3 is 1. The molecule has 0 aromatic rings. The van der Waals surface area contributed by atoms with Crippen molar-refractivity contribution in [1.29, 1.82) is 0 Å². The molecule has 0 saturated carbocycles. The van der Waals surface area contributed by atoms with E-state index >= 15 is 0 Å². The first kappa shape index (κ1) is 18.5. The van der Waals surface area contributed by atoms with Crippen molar-refractivity contribution in [2.45, 2.75) is 65.5 Å². The van der Waals surface area contributed by atoms with Crippen LogP contribution < -0.4 is 5.32 Å². The summed E-state index contributed by atoms with van der Waals surface area (Å²) in [5, 5.41) is 2.83.